The summed E-state index contributed by atoms with van der Waals surface area (Å²) in [5.41, 5.74) is 3.19. The average molecular weight is 244 g/mol. The number of carboxylic acids is 1. The molecule has 2 N–H and O–H groups in total. The summed E-state index contributed by atoms with van der Waals surface area (Å²) in [4.78, 5) is 10.7. The number of aromatic carboxylic acids is 1. The van der Waals surface area contributed by atoms with Crippen molar-refractivity contribution in [2.24, 2.45) is 0 Å². The van der Waals surface area contributed by atoms with Gasteiger partial charge in [-0.15, -0.1) is 0 Å². The zero-order chi connectivity index (χ0) is 12.5. The normalized spacial score (nSPS) is 13.1. The van der Waals surface area contributed by atoms with Gasteiger partial charge in [0.05, 0.1) is 6.61 Å². The Balaban J connectivity index is 1.81. The Morgan fingerprint density at radius 3 is 3.11 bits per heavy atom. The van der Waals surface area contributed by atoms with Gasteiger partial charge in [-0.2, -0.15) is 5.10 Å². The smallest absolute Gasteiger partial charge is 0.356 e. The highest BCUT2D eigenvalue weighted by molar-refractivity contribution is 5.85. The maximum absolute atomic E-state index is 10.7. The number of benzene rings is 1. The lowest BCUT2D eigenvalue weighted by atomic mass is 10.0. The second-order valence-corrected chi connectivity index (χ2v) is 4.30. The van der Waals surface area contributed by atoms with E-state index in [0.29, 0.717) is 6.42 Å². The molecule has 1 aromatic carbocycles. The van der Waals surface area contributed by atoms with Crippen LogP contribution in [0.3, 0.4) is 0 Å². The Morgan fingerprint density at radius 2 is 2.33 bits per heavy atom. The molecular formula is C13H12N2O3. The average Bonchev–Trinajstić information content (AvgIpc) is 2.96. The van der Waals surface area contributed by atoms with Crippen molar-refractivity contribution in [3.8, 4) is 5.75 Å². The third-order valence-electron chi connectivity index (χ3n) is 3.00. The predicted octanol–water partition coefficient (Wildman–Crippen LogP) is 1.63. The first kappa shape index (κ1) is 10.8. The lowest BCUT2D eigenvalue weighted by Crippen LogP contribution is -1.95. The Bertz CT molecular complexity index is 604. The molecule has 0 spiro atoms. The topological polar surface area (TPSA) is 75.2 Å². The van der Waals surface area contributed by atoms with Gasteiger partial charge in [-0.1, -0.05) is 12.1 Å². The van der Waals surface area contributed by atoms with Crippen LogP contribution in [0.1, 0.15) is 27.3 Å². The highest BCUT2D eigenvalue weighted by Crippen LogP contribution is 2.26. The van der Waals surface area contributed by atoms with Crippen LogP contribution in [0, 0.1) is 0 Å². The second kappa shape index (κ2) is 4.18. The molecule has 5 heteroatoms. The molecule has 0 saturated heterocycles. The summed E-state index contributed by atoms with van der Waals surface area (Å²) in [5.74, 6) is -0.0607. The fourth-order valence-electron chi connectivity index (χ4n) is 2.13. The molecule has 5 nitrogen and oxygen atoms in total. The fraction of sp³-hybridized carbons (Fsp3) is 0.231. The first-order chi connectivity index (χ1) is 8.72. The quantitative estimate of drug-likeness (QED) is 0.860. The monoisotopic (exact) mass is 244 g/mol. The van der Waals surface area contributed by atoms with Crippen LogP contribution in [0.2, 0.25) is 0 Å². The highest BCUT2D eigenvalue weighted by atomic mass is 16.5. The second-order valence-electron chi connectivity index (χ2n) is 4.30. The molecule has 0 saturated carbocycles. The van der Waals surface area contributed by atoms with E-state index >= 15 is 0 Å². The van der Waals surface area contributed by atoms with E-state index in [1.54, 1.807) is 6.07 Å². The molecule has 1 aliphatic heterocycles. The van der Waals surface area contributed by atoms with Gasteiger partial charge in [-0.25, -0.2) is 4.79 Å². The van der Waals surface area contributed by atoms with E-state index < -0.39 is 5.97 Å². The van der Waals surface area contributed by atoms with Gasteiger partial charge in [-0.05, 0) is 23.3 Å². The van der Waals surface area contributed by atoms with E-state index in [4.69, 9.17) is 9.84 Å². The molecule has 18 heavy (non-hydrogen) atoms. The number of hydrogen-bond donors (Lipinski definition) is 2. The van der Waals surface area contributed by atoms with Crippen LogP contribution in [-0.2, 0) is 12.8 Å². The van der Waals surface area contributed by atoms with Gasteiger partial charge in [0.1, 0.15) is 5.75 Å². The van der Waals surface area contributed by atoms with Crippen molar-refractivity contribution in [2.45, 2.75) is 12.8 Å². The number of H-pyrrole nitrogens is 1. The molecule has 0 radical (unpaired) electrons. The van der Waals surface area contributed by atoms with Crippen LogP contribution in [0.15, 0.2) is 24.3 Å². The summed E-state index contributed by atoms with van der Waals surface area (Å²) < 4.78 is 5.44. The number of aromatic nitrogens is 2. The molecule has 2 heterocycles. The van der Waals surface area contributed by atoms with Gasteiger partial charge >= 0.3 is 5.97 Å². The third-order valence-corrected chi connectivity index (χ3v) is 3.00. The number of nitrogens with one attached hydrogen (secondary N) is 1. The summed E-state index contributed by atoms with van der Waals surface area (Å²) in [6, 6.07) is 7.62. The number of hydrogen-bond acceptors (Lipinski definition) is 3. The van der Waals surface area contributed by atoms with Crippen molar-refractivity contribution in [1.82, 2.24) is 10.2 Å². The number of carboxylic acid groups (broad SMARTS) is 1. The van der Waals surface area contributed by atoms with E-state index in [-0.39, 0.29) is 5.69 Å². The summed E-state index contributed by atoms with van der Waals surface area (Å²) in [6.07, 6.45) is 1.58. The number of fused-ring (bicyclic) bond motifs is 1. The third kappa shape index (κ3) is 1.95. The molecule has 2 aromatic rings. The molecule has 92 valence electrons. The molecule has 1 aromatic heterocycles. The van der Waals surface area contributed by atoms with E-state index in [2.05, 4.69) is 16.3 Å². The van der Waals surface area contributed by atoms with Crippen molar-refractivity contribution >= 4 is 5.97 Å². The lowest BCUT2D eigenvalue weighted by Gasteiger charge is -2.02. The molecule has 0 atom stereocenters. The summed E-state index contributed by atoms with van der Waals surface area (Å²) in [5, 5.41) is 15.3. The molecular weight excluding hydrogens is 232 g/mol. The van der Waals surface area contributed by atoms with Crippen molar-refractivity contribution in [3.05, 3.63) is 46.8 Å². The van der Waals surface area contributed by atoms with Crippen LogP contribution in [0.5, 0.6) is 5.75 Å². The SMILES string of the molecule is O=C(O)c1cc(Cc2ccc3c(c2)CCO3)[nH]n1. The van der Waals surface area contributed by atoms with Gasteiger partial charge < -0.3 is 9.84 Å². The van der Waals surface area contributed by atoms with E-state index in [1.165, 1.54) is 5.56 Å². The Hall–Kier alpha value is -2.30. The van der Waals surface area contributed by atoms with Crippen molar-refractivity contribution in [2.75, 3.05) is 6.61 Å². The highest BCUT2D eigenvalue weighted by Gasteiger charge is 2.13. The lowest BCUT2D eigenvalue weighted by molar-refractivity contribution is 0.0690. The Morgan fingerprint density at radius 1 is 1.44 bits per heavy atom. The molecule has 0 unspecified atom stereocenters. The fourth-order valence-corrected chi connectivity index (χ4v) is 2.13. The minimum absolute atomic E-state index is 0.0505. The van der Waals surface area contributed by atoms with Gasteiger partial charge in [0.25, 0.3) is 0 Å². The van der Waals surface area contributed by atoms with Gasteiger partial charge in [0, 0.05) is 18.5 Å². The number of ether oxygens (including phenoxy) is 1. The number of aromatic amines is 1. The standard InChI is InChI=1S/C13H12N2O3/c16-13(17)11-7-10(14-15-11)6-8-1-2-12-9(5-8)3-4-18-12/h1-2,5,7H,3-4,6H2,(H,14,15)(H,16,17). The maximum atomic E-state index is 10.7. The number of carbonyl (C=O) groups is 1. The summed E-state index contributed by atoms with van der Waals surface area (Å²) in [6.45, 7) is 0.742. The maximum Gasteiger partial charge on any atom is 0.356 e. The number of nitrogens with zero attached hydrogens (tertiary/aromatic N) is 1. The van der Waals surface area contributed by atoms with Crippen LogP contribution in [0.4, 0.5) is 0 Å². The number of rotatable bonds is 3. The van der Waals surface area contributed by atoms with Crippen LogP contribution >= 0.6 is 0 Å². The zero-order valence-electron chi connectivity index (χ0n) is 9.64. The first-order valence-corrected chi connectivity index (χ1v) is 5.74. The Labute approximate surface area is 103 Å². The van der Waals surface area contributed by atoms with Gasteiger partial charge in [-0.3, -0.25) is 5.10 Å². The van der Waals surface area contributed by atoms with Crippen molar-refractivity contribution < 1.29 is 14.6 Å². The van der Waals surface area contributed by atoms with Gasteiger partial charge in [0.2, 0.25) is 0 Å². The molecule has 0 aliphatic carbocycles. The van der Waals surface area contributed by atoms with Crippen LogP contribution in [0.25, 0.3) is 0 Å². The molecule has 0 amide bonds. The van der Waals surface area contributed by atoms with E-state index in [0.717, 1.165) is 30.0 Å². The molecule has 0 bridgehead atoms. The molecule has 1 aliphatic rings. The zero-order valence-corrected chi connectivity index (χ0v) is 9.64. The summed E-state index contributed by atoms with van der Waals surface area (Å²) >= 11 is 0. The molecule has 3 rings (SSSR count). The van der Waals surface area contributed by atoms with Crippen LogP contribution < -0.4 is 4.74 Å². The predicted molar refractivity (Wildman–Crippen MR) is 64.0 cm³/mol. The molecule has 0 fully saturated rings. The minimum Gasteiger partial charge on any atom is -0.493 e. The van der Waals surface area contributed by atoms with E-state index in [1.807, 2.05) is 12.1 Å². The van der Waals surface area contributed by atoms with Crippen molar-refractivity contribution in [1.29, 1.82) is 0 Å². The Kier molecular flexibility index (Phi) is 2.51. The van der Waals surface area contributed by atoms with Crippen LogP contribution in [-0.4, -0.2) is 27.9 Å². The summed E-state index contributed by atoms with van der Waals surface area (Å²) in [7, 11) is 0. The van der Waals surface area contributed by atoms with E-state index in [9.17, 15) is 4.79 Å². The largest absolute Gasteiger partial charge is 0.493 e. The minimum atomic E-state index is -1.01. The van der Waals surface area contributed by atoms with Crippen molar-refractivity contribution in [3.63, 3.8) is 0 Å². The first-order valence-electron chi connectivity index (χ1n) is 5.74. The van der Waals surface area contributed by atoms with Gasteiger partial charge in [0.15, 0.2) is 5.69 Å².